The Bertz CT molecular complexity index is 1110. The van der Waals surface area contributed by atoms with E-state index in [0.29, 0.717) is 5.56 Å². The first-order valence-electron chi connectivity index (χ1n) is 8.19. The zero-order valence-corrected chi connectivity index (χ0v) is 15.6. The fraction of sp³-hybridized carbons (Fsp3) is 0.211. The van der Waals surface area contributed by atoms with Crippen LogP contribution in [0.3, 0.4) is 0 Å². The van der Waals surface area contributed by atoms with Crippen LogP contribution in [0.4, 0.5) is 5.69 Å². The molecule has 1 aromatic heterocycles. The zero-order chi connectivity index (χ0) is 19.1. The molecule has 7 heteroatoms. The molecule has 0 atom stereocenters. The Morgan fingerprint density at radius 2 is 1.88 bits per heavy atom. The summed E-state index contributed by atoms with van der Waals surface area (Å²) >= 11 is 0. The van der Waals surface area contributed by atoms with Crippen LogP contribution in [0.5, 0.6) is 5.75 Å². The topological polar surface area (TPSA) is 99.3 Å². The van der Waals surface area contributed by atoms with Gasteiger partial charge >= 0.3 is 0 Å². The van der Waals surface area contributed by atoms with Crippen LogP contribution >= 0.6 is 0 Å². The van der Waals surface area contributed by atoms with Crippen molar-refractivity contribution in [1.82, 2.24) is 4.98 Å². The lowest BCUT2D eigenvalue weighted by molar-refractivity contribution is 0.102. The molecule has 0 aliphatic heterocycles. The number of hydrogen-bond acceptors (Lipinski definition) is 4. The molecule has 3 rings (SSSR count). The molecule has 136 valence electrons. The predicted octanol–water partition coefficient (Wildman–Crippen LogP) is 3.54. The molecular weight excluding hydrogens is 352 g/mol. The number of anilines is 1. The Morgan fingerprint density at radius 1 is 1.15 bits per heavy atom. The van der Waals surface area contributed by atoms with Crippen molar-refractivity contribution >= 4 is 32.3 Å². The van der Waals surface area contributed by atoms with Gasteiger partial charge in [0.25, 0.3) is 5.91 Å². The van der Waals surface area contributed by atoms with Gasteiger partial charge in [0.2, 0.25) is 0 Å². The Labute approximate surface area is 151 Å². The number of aromatic hydroxyl groups is 1. The Morgan fingerprint density at radius 3 is 2.58 bits per heavy atom. The highest BCUT2D eigenvalue weighted by atomic mass is 32.2. The maximum atomic E-state index is 12.6. The fourth-order valence-corrected chi connectivity index (χ4v) is 3.68. The molecule has 0 saturated carbocycles. The van der Waals surface area contributed by atoms with Gasteiger partial charge in [0.15, 0.2) is 9.84 Å². The second-order valence-electron chi connectivity index (χ2n) is 6.17. The normalized spacial score (nSPS) is 11.7. The molecule has 1 amide bonds. The first kappa shape index (κ1) is 18.0. The third-order valence-corrected chi connectivity index (χ3v) is 6.26. The minimum absolute atomic E-state index is 0.0562. The molecule has 0 aliphatic rings. The van der Waals surface area contributed by atoms with Crippen LogP contribution < -0.4 is 5.32 Å². The Kier molecular flexibility index (Phi) is 4.50. The maximum Gasteiger partial charge on any atom is 0.255 e. The summed E-state index contributed by atoms with van der Waals surface area (Å²) in [6.07, 6.45) is 0. The first-order valence-corrected chi connectivity index (χ1v) is 9.84. The molecule has 0 spiro atoms. The number of carbonyl (C=O) groups excluding carboxylic acids is 1. The Hall–Kier alpha value is -2.80. The lowest BCUT2D eigenvalue weighted by Gasteiger charge is -2.10. The number of aromatic amines is 1. The number of phenols is 1. The molecule has 2 aromatic carbocycles. The number of aromatic nitrogens is 1. The van der Waals surface area contributed by atoms with E-state index in [4.69, 9.17) is 0 Å². The molecule has 26 heavy (non-hydrogen) atoms. The molecule has 6 nitrogen and oxygen atoms in total. The number of hydrogen-bond donors (Lipinski definition) is 3. The number of rotatable bonds is 4. The summed E-state index contributed by atoms with van der Waals surface area (Å²) in [4.78, 5) is 15.9. The number of amides is 1. The maximum absolute atomic E-state index is 12.6. The lowest BCUT2D eigenvalue weighted by atomic mass is 10.1. The average molecular weight is 372 g/mol. The van der Waals surface area contributed by atoms with E-state index in [1.807, 2.05) is 19.9 Å². The number of nitrogens with one attached hydrogen (secondary N) is 2. The monoisotopic (exact) mass is 372 g/mol. The van der Waals surface area contributed by atoms with E-state index in [-0.39, 0.29) is 22.1 Å². The largest absolute Gasteiger partial charge is 0.506 e. The first-order chi connectivity index (χ1) is 12.2. The smallest absolute Gasteiger partial charge is 0.255 e. The van der Waals surface area contributed by atoms with Crippen LogP contribution in [-0.4, -0.2) is 30.2 Å². The summed E-state index contributed by atoms with van der Waals surface area (Å²) < 4.78 is 24.0. The van der Waals surface area contributed by atoms with Crippen molar-refractivity contribution in [3.63, 3.8) is 0 Å². The summed E-state index contributed by atoms with van der Waals surface area (Å²) in [7, 11) is -3.44. The van der Waals surface area contributed by atoms with E-state index in [1.54, 1.807) is 12.1 Å². The van der Waals surface area contributed by atoms with Gasteiger partial charge in [-0.2, -0.15) is 0 Å². The summed E-state index contributed by atoms with van der Waals surface area (Å²) in [5.74, 6) is -0.678. The molecule has 0 aliphatic carbocycles. The SMILES string of the molecule is CCS(=O)(=O)c1ccc(O)c(NC(=O)c2ccc3[nH]c(C)c(C)c3c2)c1. The van der Waals surface area contributed by atoms with Crippen LogP contribution in [-0.2, 0) is 9.84 Å². The number of aryl methyl sites for hydroxylation is 2. The molecule has 3 N–H and O–H groups in total. The zero-order valence-electron chi connectivity index (χ0n) is 14.8. The van der Waals surface area contributed by atoms with Gasteiger partial charge in [0.05, 0.1) is 16.3 Å². The molecule has 0 fully saturated rings. The number of benzene rings is 2. The quantitative estimate of drug-likeness (QED) is 0.610. The van der Waals surface area contributed by atoms with Gasteiger partial charge in [-0.1, -0.05) is 6.92 Å². The molecule has 0 unspecified atom stereocenters. The highest BCUT2D eigenvalue weighted by molar-refractivity contribution is 7.91. The van der Waals surface area contributed by atoms with Crippen molar-refractivity contribution in [2.45, 2.75) is 25.7 Å². The number of H-pyrrole nitrogens is 1. The second-order valence-corrected chi connectivity index (χ2v) is 8.45. The highest BCUT2D eigenvalue weighted by Crippen LogP contribution is 2.28. The molecule has 0 bridgehead atoms. The van der Waals surface area contributed by atoms with Crippen molar-refractivity contribution in [2.24, 2.45) is 0 Å². The molecule has 3 aromatic rings. The summed E-state index contributed by atoms with van der Waals surface area (Å²) in [5.41, 5.74) is 3.52. The van der Waals surface area contributed by atoms with E-state index >= 15 is 0 Å². The van der Waals surface area contributed by atoms with Crippen LogP contribution in [0, 0.1) is 13.8 Å². The van der Waals surface area contributed by atoms with Crippen molar-refractivity contribution < 1.29 is 18.3 Å². The Balaban J connectivity index is 1.95. The minimum Gasteiger partial charge on any atom is -0.506 e. The number of sulfone groups is 1. The minimum atomic E-state index is -3.44. The van der Waals surface area contributed by atoms with Crippen molar-refractivity contribution in [3.05, 3.63) is 53.2 Å². The molecular formula is C19H20N2O4S. The third kappa shape index (κ3) is 3.17. The summed E-state index contributed by atoms with van der Waals surface area (Å²) in [6, 6.07) is 9.13. The van der Waals surface area contributed by atoms with Gasteiger partial charge in [-0.05, 0) is 55.8 Å². The predicted molar refractivity (Wildman–Crippen MR) is 102 cm³/mol. The van der Waals surface area contributed by atoms with Crippen molar-refractivity contribution in [1.29, 1.82) is 0 Å². The van der Waals surface area contributed by atoms with Crippen LogP contribution in [0.2, 0.25) is 0 Å². The van der Waals surface area contributed by atoms with Gasteiger partial charge in [-0.3, -0.25) is 4.79 Å². The second kappa shape index (κ2) is 6.49. The number of fused-ring (bicyclic) bond motifs is 1. The van der Waals surface area contributed by atoms with Gasteiger partial charge in [-0.15, -0.1) is 0 Å². The van der Waals surface area contributed by atoms with Crippen LogP contribution in [0.25, 0.3) is 10.9 Å². The average Bonchev–Trinajstić information content (AvgIpc) is 2.90. The van der Waals surface area contributed by atoms with Gasteiger partial charge in [0, 0.05) is 22.2 Å². The molecule has 1 heterocycles. The molecule has 0 saturated heterocycles. The van der Waals surface area contributed by atoms with E-state index in [9.17, 15) is 18.3 Å². The van der Waals surface area contributed by atoms with E-state index in [0.717, 1.165) is 22.2 Å². The van der Waals surface area contributed by atoms with Crippen molar-refractivity contribution in [2.75, 3.05) is 11.1 Å². The standard InChI is InChI=1S/C19H20N2O4S/c1-4-26(24,25)14-6-8-18(22)17(10-14)21-19(23)13-5-7-16-15(9-13)11(2)12(3)20-16/h5-10,20,22H,4H2,1-3H3,(H,21,23). The number of phenolic OH excluding ortho intramolecular Hbond substituents is 1. The number of carbonyl (C=O) groups is 1. The van der Waals surface area contributed by atoms with Crippen LogP contribution in [0.1, 0.15) is 28.5 Å². The van der Waals surface area contributed by atoms with Crippen molar-refractivity contribution in [3.8, 4) is 5.75 Å². The fourth-order valence-electron chi connectivity index (χ4n) is 2.77. The van der Waals surface area contributed by atoms with E-state index in [1.165, 1.54) is 25.1 Å². The van der Waals surface area contributed by atoms with E-state index < -0.39 is 15.7 Å². The summed E-state index contributed by atoms with van der Waals surface area (Å²) in [6.45, 7) is 5.48. The summed E-state index contributed by atoms with van der Waals surface area (Å²) in [5, 5.41) is 13.5. The highest BCUT2D eigenvalue weighted by Gasteiger charge is 2.16. The van der Waals surface area contributed by atoms with Gasteiger partial charge in [-0.25, -0.2) is 8.42 Å². The van der Waals surface area contributed by atoms with Crippen LogP contribution in [0.15, 0.2) is 41.3 Å². The van der Waals surface area contributed by atoms with Gasteiger partial charge in [0.1, 0.15) is 5.75 Å². The van der Waals surface area contributed by atoms with E-state index in [2.05, 4.69) is 10.3 Å². The lowest BCUT2D eigenvalue weighted by Crippen LogP contribution is -2.13. The van der Waals surface area contributed by atoms with Gasteiger partial charge < -0.3 is 15.4 Å². The third-order valence-electron chi connectivity index (χ3n) is 4.53. The molecule has 0 radical (unpaired) electrons.